The lowest BCUT2D eigenvalue weighted by Gasteiger charge is -2.03. The largest absolute Gasteiger partial charge is 0.261 e. The lowest BCUT2D eigenvalue weighted by molar-refractivity contribution is 1.19. The first kappa shape index (κ1) is 9.64. The Bertz CT molecular complexity index is 444. The number of hydrogen-bond acceptors (Lipinski definition) is 4. The van der Waals surface area contributed by atoms with Gasteiger partial charge in [0.15, 0.2) is 17.4 Å². The highest BCUT2D eigenvalue weighted by molar-refractivity contribution is 6.72. The first-order chi connectivity index (χ1) is 7.27. The second kappa shape index (κ2) is 4.08. The predicted octanol–water partition coefficient (Wildman–Crippen LogP) is 1.27. The van der Waals surface area contributed by atoms with E-state index >= 15 is 0 Å². The van der Waals surface area contributed by atoms with Crippen molar-refractivity contribution in [3.8, 4) is 0 Å². The molecular weight excluding hydrogens is 190 g/mol. The van der Waals surface area contributed by atoms with E-state index in [0.717, 1.165) is 0 Å². The minimum Gasteiger partial charge on any atom is -0.261 e. The molecule has 0 amide bonds. The summed E-state index contributed by atoms with van der Waals surface area (Å²) in [5, 5.41) is 0. The topological polar surface area (TPSA) is 61.8 Å². The molecule has 2 aliphatic heterocycles. The van der Waals surface area contributed by atoms with Gasteiger partial charge in [0.1, 0.15) is 12.7 Å². The third kappa shape index (κ3) is 2.12. The quantitative estimate of drug-likeness (QED) is 0.604. The molecule has 0 N–H and O–H groups in total. The highest BCUT2D eigenvalue weighted by atomic mass is 15.1. The Morgan fingerprint density at radius 2 is 2.07 bits per heavy atom. The van der Waals surface area contributed by atoms with Crippen molar-refractivity contribution in [3.05, 3.63) is 11.6 Å². The highest BCUT2D eigenvalue weighted by Gasteiger charge is 2.19. The number of allylic oxidation sites excluding steroid dienone is 1. The normalized spacial score (nSPS) is 20.0. The zero-order valence-electron chi connectivity index (χ0n) is 8.68. The summed E-state index contributed by atoms with van der Waals surface area (Å²) in [7, 11) is 0. The van der Waals surface area contributed by atoms with E-state index in [4.69, 9.17) is 0 Å². The highest BCUT2D eigenvalue weighted by Crippen LogP contribution is 2.03. The lowest BCUT2D eigenvalue weighted by atomic mass is 10.3. The van der Waals surface area contributed by atoms with E-state index in [1.807, 2.05) is 19.9 Å². The van der Waals surface area contributed by atoms with Crippen LogP contribution >= 0.6 is 0 Å². The molecule has 15 heavy (non-hydrogen) atoms. The number of amidine groups is 2. The van der Waals surface area contributed by atoms with E-state index in [1.165, 1.54) is 18.3 Å². The Morgan fingerprint density at radius 3 is 2.87 bits per heavy atom. The van der Waals surface area contributed by atoms with Gasteiger partial charge >= 0.3 is 0 Å². The average Bonchev–Trinajstić information content (AvgIpc) is 2.65. The Labute approximate surface area is 87.8 Å². The monoisotopic (exact) mass is 201 g/mol. The molecule has 0 fully saturated rings. The van der Waals surface area contributed by atoms with Crippen molar-refractivity contribution in [2.75, 3.05) is 6.54 Å². The van der Waals surface area contributed by atoms with Gasteiger partial charge in [0, 0.05) is 0 Å². The summed E-state index contributed by atoms with van der Waals surface area (Å²) in [6.45, 7) is 4.68. The van der Waals surface area contributed by atoms with Crippen molar-refractivity contribution in [2.24, 2.45) is 25.0 Å². The van der Waals surface area contributed by atoms with Crippen LogP contribution in [0, 0.1) is 0 Å². The van der Waals surface area contributed by atoms with Gasteiger partial charge in [-0.3, -0.25) is 4.99 Å². The molecule has 0 aromatic heterocycles. The van der Waals surface area contributed by atoms with Gasteiger partial charge in [-0.15, -0.1) is 0 Å². The molecule has 2 heterocycles. The van der Waals surface area contributed by atoms with E-state index in [0.29, 0.717) is 23.9 Å². The van der Waals surface area contributed by atoms with Crippen LogP contribution < -0.4 is 0 Å². The van der Waals surface area contributed by atoms with Gasteiger partial charge in [-0.05, 0) is 13.8 Å². The third-order valence-corrected chi connectivity index (χ3v) is 1.89. The third-order valence-electron chi connectivity index (χ3n) is 1.89. The zero-order chi connectivity index (χ0) is 10.7. The van der Waals surface area contributed by atoms with Crippen LogP contribution in [0.1, 0.15) is 13.8 Å². The molecule has 0 spiro atoms. The van der Waals surface area contributed by atoms with Crippen LogP contribution in [0.4, 0.5) is 0 Å². The number of fused-ring (bicyclic) bond motifs is 1. The zero-order valence-corrected chi connectivity index (χ0v) is 8.68. The van der Waals surface area contributed by atoms with E-state index in [2.05, 4.69) is 25.0 Å². The molecule has 0 saturated heterocycles. The lowest BCUT2D eigenvalue weighted by Crippen LogP contribution is -2.22. The summed E-state index contributed by atoms with van der Waals surface area (Å²) in [5.74, 6) is 1.20. The maximum absolute atomic E-state index is 4.32. The molecule has 0 bridgehead atoms. The van der Waals surface area contributed by atoms with E-state index in [1.54, 1.807) is 0 Å². The van der Waals surface area contributed by atoms with Gasteiger partial charge in [-0.2, -0.15) is 0 Å². The van der Waals surface area contributed by atoms with Crippen LogP contribution in [-0.4, -0.2) is 36.6 Å². The molecule has 0 aromatic carbocycles. The standard InChI is InChI=1S/C10H11N5/c1-7(2)3-4-11-9-8-10(13-5-12-8)15-6-14-9/h3,5-6H,4H2,1-2H3. The van der Waals surface area contributed by atoms with E-state index < -0.39 is 0 Å². The summed E-state index contributed by atoms with van der Waals surface area (Å²) < 4.78 is 0. The van der Waals surface area contributed by atoms with Gasteiger partial charge in [0.25, 0.3) is 0 Å². The van der Waals surface area contributed by atoms with Crippen LogP contribution in [0.5, 0.6) is 0 Å². The summed E-state index contributed by atoms with van der Waals surface area (Å²) in [4.78, 5) is 20.4. The number of rotatable bonds is 2. The fourth-order valence-electron chi connectivity index (χ4n) is 1.14. The first-order valence-electron chi connectivity index (χ1n) is 4.66. The minimum absolute atomic E-state index is 0.598. The maximum atomic E-state index is 4.32. The Hall–Kier alpha value is -1.91. The Kier molecular flexibility index (Phi) is 2.62. The summed E-state index contributed by atoms with van der Waals surface area (Å²) >= 11 is 0. The Morgan fingerprint density at radius 1 is 1.27 bits per heavy atom. The second-order valence-corrected chi connectivity index (χ2v) is 3.37. The summed E-state index contributed by atoms with van der Waals surface area (Å²) in [6.07, 6.45) is 4.96. The average molecular weight is 201 g/mol. The molecule has 76 valence electrons. The molecule has 0 unspecified atom stereocenters. The van der Waals surface area contributed by atoms with Crippen LogP contribution in [0.2, 0.25) is 0 Å². The van der Waals surface area contributed by atoms with Crippen LogP contribution in [0.15, 0.2) is 36.6 Å². The van der Waals surface area contributed by atoms with Crippen LogP contribution in [0.25, 0.3) is 0 Å². The number of aliphatic imine (C=N–C) groups is 5. The summed E-state index contributed by atoms with van der Waals surface area (Å²) in [5.41, 5.74) is 1.90. The summed E-state index contributed by atoms with van der Waals surface area (Å²) in [6, 6.07) is 0. The number of hydrogen-bond donors (Lipinski definition) is 0. The SMILES string of the molecule is CC(C)=CCN=C1N=CN=C2N=CN=C21. The van der Waals surface area contributed by atoms with Crippen molar-refractivity contribution in [1.29, 1.82) is 0 Å². The molecule has 0 aromatic rings. The van der Waals surface area contributed by atoms with E-state index in [-0.39, 0.29) is 0 Å². The van der Waals surface area contributed by atoms with Gasteiger partial charge in [0.05, 0.1) is 6.54 Å². The molecular formula is C10H11N5. The molecule has 0 aliphatic carbocycles. The van der Waals surface area contributed by atoms with Crippen molar-refractivity contribution in [1.82, 2.24) is 0 Å². The van der Waals surface area contributed by atoms with E-state index in [9.17, 15) is 0 Å². The van der Waals surface area contributed by atoms with Crippen molar-refractivity contribution < 1.29 is 0 Å². The molecule has 2 aliphatic rings. The fraction of sp³-hybridized carbons (Fsp3) is 0.300. The maximum Gasteiger partial charge on any atom is 0.185 e. The number of nitrogens with zero attached hydrogens (tertiary/aromatic N) is 5. The van der Waals surface area contributed by atoms with Crippen LogP contribution in [0.3, 0.4) is 0 Å². The second-order valence-electron chi connectivity index (χ2n) is 3.37. The van der Waals surface area contributed by atoms with Crippen molar-refractivity contribution in [2.45, 2.75) is 13.8 Å². The molecule has 5 heteroatoms. The molecule has 5 nitrogen and oxygen atoms in total. The van der Waals surface area contributed by atoms with Gasteiger partial charge in [-0.25, -0.2) is 20.0 Å². The van der Waals surface area contributed by atoms with Gasteiger partial charge in [-0.1, -0.05) is 11.6 Å². The minimum atomic E-state index is 0.598. The van der Waals surface area contributed by atoms with Crippen molar-refractivity contribution >= 4 is 30.1 Å². The van der Waals surface area contributed by atoms with Crippen LogP contribution in [-0.2, 0) is 0 Å². The Balaban J connectivity index is 2.15. The van der Waals surface area contributed by atoms with Crippen molar-refractivity contribution in [3.63, 3.8) is 0 Å². The molecule has 0 saturated carbocycles. The molecule has 2 rings (SSSR count). The van der Waals surface area contributed by atoms with Gasteiger partial charge in [0.2, 0.25) is 0 Å². The fourth-order valence-corrected chi connectivity index (χ4v) is 1.14. The predicted molar refractivity (Wildman–Crippen MR) is 63.6 cm³/mol. The molecule has 0 radical (unpaired) electrons. The molecule has 0 atom stereocenters. The van der Waals surface area contributed by atoms with Gasteiger partial charge < -0.3 is 0 Å². The first-order valence-corrected chi connectivity index (χ1v) is 4.66. The smallest absolute Gasteiger partial charge is 0.185 e.